The molecule has 0 radical (unpaired) electrons. The minimum atomic E-state index is -1.34. The summed E-state index contributed by atoms with van der Waals surface area (Å²) in [5.41, 5.74) is -0.909. The Balaban J connectivity index is 2.20. The number of carbonyl (C=O) groups is 3. The molecule has 1 aliphatic heterocycles. The molecule has 1 atom stereocenters. The van der Waals surface area contributed by atoms with E-state index in [1.807, 2.05) is 13.8 Å². The second kappa shape index (κ2) is 7.62. The van der Waals surface area contributed by atoms with Crippen molar-refractivity contribution in [1.82, 2.24) is 15.5 Å². The summed E-state index contributed by atoms with van der Waals surface area (Å²) < 4.78 is 0. The summed E-state index contributed by atoms with van der Waals surface area (Å²) in [5, 5.41) is 6.13. The number of urea groups is 1. The number of carbonyl (C=O) groups excluding carboxylic acids is 3. The van der Waals surface area contributed by atoms with Crippen LogP contribution in [-0.4, -0.2) is 35.3 Å². The molecule has 2 N–H and O–H groups in total. The lowest BCUT2D eigenvalue weighted by Crippen LogP contribution is -2.45. The minimum Gasteiger partial charge on any atom is -0.352 e. The fraction of sp³-hybridized carbons (Fsp3) is 0.471. The van der Waals surface area contributed by atoms with Gasteiger partial charge in [-0.25, -0.2) is 4.79 Å². The highest BCUT2D eigenvalue weighted by Crippen LogP contribution is 2.34. The van der Waals surface area contributed by atoms with E-state index in [0.717, 1.165) is 17.7 Å². The first-order chi connectivity index (χ1) is 11.7. The van der Waals surface area contributed by atoms with E-state index in [-0.39, 0.29) is 23.5 Å². The molecule has 0 bridgehead atoms. The van der Waals surface area contributed by atoms with Gasteiger partial charge in [0.15, 0.2) is 0 Å². The van der Waals surface area contributed by atoms with E-state index in [1.54, 1.807) is 19.1 Å². The average Bonchev–Trinajstić information content (AvgIpc) is 2.76. The normalized spacial score (nSPS) is 20.2. The van der Waals surface area contributed by atoms with Crippen molar-refractivity contribution in [1.29, 1.82) is 0 Å². The van der Waals surface area contributed by atoms with E-state index in [2.05, 4.69) is 10.6 Å². The van der Waals surface area contributed by atoms with Gasteiger partial charge in [-0.05, 0) is 31.9 Å². The molecule has 1 saturated heterocycles. The highest BCUT2D eigenvalue weighted by Gasteiger charge is 2.50. The van der Waals surface area contributed by atoms with Crippen molar-refractivity contribution in [2.45, 2.75) is 45.2 Å². The van der Waals surface area contributed by atoms with Crippen molar-refractivity contribution >= 4 is 41.0 Å². The van der Waals surface area contributed by atoms with Gasteiger partial charge in [0.1, 0.15) is 12.1 Å². The summed E-state index contributed by atoms with van der Waals surface area (Å²) in [7, 11) is 0. The Kier molecular flexibility index (Phi) is 5.95. The van der Waals surface area contributed by atoms with Crippen molar-refractivity contribution in [2.75, 3.05) is 6.54 Å². The molecule has 1 fully saturated rings. The van der Waals surface area contributed by atoms with Crippen LogP contribution in [0.3, 0.4) is 0 Å². The monoisotopic (exact) mass is 385 g/mol. The van der Waals surface area contributed by atoms with Gasteiger partial charge < -0.3 is 10.6 Å². The average molecular weight is 386 g/mol. The minimum absolute atomic E-state index is 0.0189. The number of halogens is 2. The molecule has 0 aliphatic carbocycles. The standard InChI is InChI=1S/C17H21Cl2N3O3/c1-4-11(5-2)20-14(23)9-22-15(24)17(3,21-16(22)25)12-7-6-10(18)8-13(12)19/h6-8,11H,4-5,9H2,1-3H3,(H,20,23)(H,21,25)/t17-/m1/s1. The lowest BCUT2D eigenvalue weighted by atomic mass is 9.92. The van der Waals surface area contributed by atoms with Gasteiger partial charge in [0.2, 0.25) is 5.91 Å². The van der Waals surface area contributed by atoms with Gasteiger partial charge in [0.05, 0.1) is 0 Å². The van der Waals surface area contributed by atoms with Crippen LogP contribution in [0.4, 0.5) is 4.79 Å². The lowest BCUT2D eigenvalue weighted by Gasteiger charge is -2.23. The number of hydrogen-bond donors (Lipinski definition) is 2. The molecule has 1 aromatic carbocycles. The van der Waals surface area contributed by atoms with Gasteiger partial charge in [0, 0.05) is 21.7 Å². The first kappa shape index (κ1) is 19.5. The topological polar surface area (TPSA) is 78.5 Å². The van der Waals surface area contributed by atoms with Gasteiger partial charge in [-0.3, -0.25) is 14.5 Å². The van der Waals surface area contributed by atoms with Gasteiger partial charge in [0.25, 0.3) is 5.91 Å². The third-order valence-corrected chi connectivity index (χ3v) is 4.95. The number of hydrogen-bond acceptors (Lipinski definition) is 3. The highest BCUT2D eigenvalue weighted by molar-refractivity contribution is 6.35. The number of imide groups is 1. The zero-order chi connectivity index (χ0) is 18.8. The second-order valence-corrected chi connectivity index (χ2v) is 7.00. The smallest absolute Gasteiger partial charge is 0.325 e. The largest absolute Gasteiger partial charge is 0.352 e. The van der Waals surface area contributed by atoms with Crippen LogP contribution in [0, 0.1) is 0 Å². The van der Waals surface area contributed by atoms with Crippen molar-refractivity contribution in [3.63, 3.8) is 0 Å². The second-order valence-electron chi connectivity index (χ2n) is 6.15. The van der Waals surface area contributed by atoms with Crippen LogP contribution in [0.15, 0.2) is 18.2 Å². The van der Waals surface area contributed by atoms with E-state index in [0.29, 0.717) is 10.6 Å². The predicted molar refractivity (Wildman–Crippen MR) is 96.6 cm³/mol. The van der Waals surface area contributed by atoms with E-state index < -0.39 is 17.5 Å². The molecule has 136 valence electrons. The number of amides is 4. The summed E-state index contributed by atoms with van der Waals surface area (Å²) >= 11 is 12.1. The van der Waals surface area contributed by atoms with Gasteiger partial charge in [-0.15, -0.1) is 0 Å². The van der Waals surface area contributed by atoms with E-state index in [1.165, 1.54) is 6.07 Å². The molecular formula is C17H21Cl2N3O3. The van der Waals surface area contributed by atoms with E-state index >= 15 is 0 Å². The molecule has 2 rings (SSSR count). The molecule has 0 spiro atoms. The maximum atomic E-state index is 12.8. The van der Waals surface area contributed by atoms with E-state index in [9.17, 15) is 14.4 Å². The van der Waals surface area contributed by atoms with Crippen molar-refractivity contribution < 1.29 is 14.4 Å². The highest BCUT2D eigenvalue weighted by atomic mass is 35.5. The van der Waals surface area contributed by atoms with Crippen molar-refractivity contribution in [2.24, 2.45) is 0 Å². The fourth-order valence-electron chi connectivity index (χ4n) is 2.83. The summed E-state index contributed by atoms with van der Waals surface area (Å²) in [5.74, 6) is -0.898. The molecule has 1 heterocycles. The van der Waals surface area contributed by atoms with Gasteiger partial charge in [-0.2, -0.15) is 0 Å². The first-order valence-corrected chi connectivity index (χ1v) is 8.87. The number of nitrogens with one attached hydrogen (secondary N) is 2. The molecule has 1 aliphatic rings. The summed E-state index contributed by atoms with van der Waals surface area (Å²) in [6, 6.07) is 4.08. The van der Waals surface area contributed by atoms with Crippen LogP contribution in [0.25, 0.3) is 0 Å². The van der Waals surface area contributed by atoms with Gasteiger partial charge >= 0.3 is 6.03 Å². The van der Waals surface area contributed by atoms with Crippen molar-refractivity contribution in [3.8, 4) is 0 Å². The molecular weight excluding hydrogens is 365 g/mol. The quantitative estimate of drug-likeness (QED) is 0.738. The molecule has 0 unspecified atom stereocenters. The predicted octanol–water partition coefficient (Wildman–Crippen LogP) is 3.07. The van der Waals surface area contributed by atoms with Crippen LogP contribution >= 0.6 is 23.2 Å². The molecule has 6 nitrogen and oxygen atoms in total. The Bertz CT molecular complexity index is 706. The maximum Gasteiger partial charge on any atom is 0.325 e. The zero-order valence-corrected chi connectivity index (χ0v) is 15.9. The first-order valence-electron chi connectivity index (χ1n) is 8.11. The maximum absolute atomic E-state index is 12.8. The molecule has 25 heavy (non-hydrogen) atoms. The number of rotatable bonds is 6. The third-order valence-electron chi connectivity index (χ3n) is 4.40. The molecule has 4 amide bonds. The third kappa shape index (κ3) is 3.90. The molecule has 8 heteroatoms. The van der Waals surface area contributed by atoms with Gasteiger partial charge in [-0.1, -0.05) is 43.1 Å². The Morgan fingerprint density at radius 1 is 1.28 bits per heavy atom. The summed E-state index contributed by atoms with van der Waals surface area (Å²) in [6.45, 7) is 5.15. The van der Waals surface area contributed by atoms with Crippen LogP contribution < -0.4 is 10.6 Å². The fourth-order valence-corrected chi connectivity index (χ4v) is 3.43. The Hall–Kier alpha value is -1.79. The number of benzene rings is 1. The zero-order valence-electron chi connectivity index (χ0n) is 14.4. The summed E-state index contributed by atoms with van der Waals surface area (Å²) in [4.78, 5) is 38.1. The SMILES string of the molecule is CCC(CC)NC(=O)CN1C(=O)N[C@](C)(c2ccc(Cl)cc2Cl)C1=O. The van der Waals surface area contributed by atoms with Crippen molar-refractivity contribution in [3.05, 3.63) is 33.8 Å². The van der Waals surface area contributed by atoms with Crippen LogP contribution in [0.1, 0.15) is 39.2 Å². The Morgan fingerprint density at radius 3 is 2.48 bits per heavy atom. The molecule has 0 aromatic heterocycles. The van der Waals surface area contributed by atoms with Crippen LogP contribution in [0.2, 0.25) is 10.0 Å². The van der Waals surface area contributed by atoms with Crippen LogP contribution in [0.5, 0.6) is 0 Å². The Morgan fingerprint density at radius 2 is 1.92 bits per heavy atom. The van der Waals surface area contributed by atoms with Crippen LogP contribution in [-0.2, 0) is 15.1 Å². The molecule has 0 saturated carbocycles. The summed E-state index contributed by atoms with van der Waals surface area (Å²) in [6.07, 6.45) is 1.56. The number of nitrogens with zero attached hydrogens (tertiary/aromatic N) is 1. The van der Waals surface area contributed by atoms with E-state index in [4.69, 9.17) is 23.2 Å². The Labute approximate surface area is 156 Å². The lowest BCUT2D eigenvalue weighted by molar-refractivity contribution is -0.135. The molecule has 1 aromatic rings.